The molecule has 0 aliphatic carbocycles. The molecule has 0 bridgehead atoms. The van der Waals surface area contributed by atoms with Crippen molar-refractivity contribution in [3.63, 3.8) is 0 Å². The fourth-order valence-corrected chi connectivity index (χ4v) is 2.32. The highest BCUT2D eigenvalue weighted by atomic mass is 35.5. The number of rotatable bonds is 3. The second-order valence-corrected chi connectivity index (χ2v) is 4.79. The molecule has 0 amide bonds. The zero-order valence-electron chi connectivity index (χ0n) is 8.63. The van der Waals surface area contributed by atoms with Crippen molar-refractivity contribution >= 4 is 29.3 Å². The fourth-order valence-electron chi connectivity index (χ4n) is 1.27. The lowest BCUT2D eigenvalue weighted by Gasteiger charge is -2.04. The molecule has 0 aliphatic rings. The molecule has 0 atom stereocenters. The highest BCUT2D eigenvalue weighted by Crippen LogP contribution is 2.30. The summed E-state index contributed by atoms with van der Waals surface area (Å²) in [6.45, 7) is 0. The third-order valence-electron chi connectivity index (χ3n) is 2.05. The van der Waals surface area contributed by atoms with Crippen molar-refractivity contribution in [2.75, 3.05) is 0 Å². The van der Waals surface area contributed by atoms with Gasteiger partial charge in [-0.3, -0.25) is 4.98 Å². The highest BCUT2D eigenvalue weighted by molar-refractivity contribution is 7.99. The SMILES string of the molecule is O=C(O)c1cc(Sc2ccncc2)ccc1Cl. The third kappa shape index (κ3) is 2.99. The van der Waals surface area contributed by atoms with Gasteiger partial charge in [-0.2, -0.15) is 0 Å². The molecule has 1 heterocycles. The summed E-state index contributed by atoms with van der Waals surface area (Å²) in [5, 5.41) is 9.20. The van der Waals surface area contributed by atoms with Crippen LogP contribution in [0.5, 0.6) is 0 Å². The zero-order valence-corrected chi connectivity index (χ0v) is 10.2. The van der Waals surface area contributed by atoms with Gasteiger partial charge in [-0.15, -0.1) is 0 Å². The standard InChI is InChI=1S/C12H8ClNO2S/c13-11-2-1-9(7-10(11)12(15)16)17-8-3-5-14-6-4-8/h1-7H,(H,15,16). The van der Waals surface area contributed by atoms with Gasteiger partial charge in [0.15, 0.2) is 0 Å². The van der Waals surface area contributed by atoms with E-state index in [0.717, 1.165) is 9.79 Å². The minimum absolute atomic E-state index is 0.116. The van der Waals surface area contributed by atoms with Crippen LogP contribution in [0.1, 0.15) is 10.4 Å². The Kier molecular flexibility index (Phi) is 3.66. The molecule has 2 rings (SSSR count). The van der Waals surface area contributed by atoms with Crippen LogP contribution in [0, 0.1) is 0 Å². The summed E-state index contributed by atoms with van der Waals surface area (Å²) < 4.78 is 0. The van der Waals surface area contributed by atoms with Crippen LogP contribution in [0.4, 0.5) is 0 Å². The van der Waals surface area contributed by atoms with Crippen molar-refractivity contribution in [2.24, 2.45) is 0 Å². The van der Waals surface area contributed by atoms with E-state index in [2.05, 4.69) is 4.98 Å². The fraction of sp³-hybridized carbons (Fsp3) is 0. The Hall–Kier alpha value is -1.52. The van der Waals surface area contributed by atoms with Gasteiger partial charge >= 0.3 is 5.97 Å². The molecule has 0 saturated carbocycles. The molecule has 0 unspecified atom stereocenters. The van der Waals surface area contributed by atoms with Gasteiger partial charge in [0.25, 0.3) is 0 Å². The molecule has 86 valence electrons. The van der Waals surface area contributed by atoms with Crippen LogP contribution in [0.2, 0.25) is 5.02 Å². The van der Waals surface area contributed by atoms with Gasteiger partial charge in [0.1, 0.15) is 0 Å². The smallest absolute Gasteiger partial charge is 0.337 e. The second-order valence-electron chi connectivity index (χ2n) is 3.23. The van der Waals surface area contributed by atoms with Crippen LogP contribution in [-0.4, -0.2) is 16.1 Å². The summed E-state index contributed by atoms with van der Waals surface area (Å²) in [6, 6.07) is 8.67. The van der Waals surface area contributed by atoms with E-state index in [1.807, 2.05) is 12.1 Å². The molecular weight excluding hydrogens is 258 g/mol. The molecule has 17 heavy (non-hydrogen) atoms. The Morgan fingerprint density at radius 1 is 1.18 bits per heavy atom. The molecule has 2 aromatic rings. The Bertz CT molecular complexity index is 545. The predicted molar refractivity (Wildman–Crippen MR) is 66.8 cm³/mol. The quantitative estimate of drug-likeness (QED) is 0.921. The zero-order chi connectivity index (χ0) is 12.3. The van der Waals surface area contributed by atoms with Crippen LogP contribution in [-0.2, 0) is 0 Å². The number of carboxylic acids is 1. The van der Waals surface area contributed by atoms with Crippen LogP contribution >= 0.6 is 23.4 Å². The minimum atomic E-state index is -1.02. The lowest BCUT2D eigenvalue weighted by molar-refractivity contribution is 0.0697. The minimum Gasteiger partial charge on any atom is -0.478 e. The molecule has 1 aromatic carbocycles. The van der Waals surface area contributed by atoms with Gasteiger partial charge in [-0.1, -0.05) is 23.4 Å². The molecular formula is C12H8ClNO2S. The van der Waals surface area contributed by atoms with E-state index in [4.69, 9.17) is 16.7 Å². The predicted octanol–water partition coefficient (Wildman–Crippen LogP) is 3.58. The van der Waals surface area contributed by atoms with Gasteiger partial charge in [-0.05, 0) is 30.3 Å². The number of benzene rings is 1. The molecule has 0 saturated heterocycles. The molecule has 0 aliphatic heterocycles. The lowest BCUT2D eigenvalue weighted by Crippen LogP contribution is -1.97. The van der Waals surface area contributed by atoms with Gasteiger partial charge < -0.3 is 5.11 Å². The van der Waals surface area contributed by atoms with Crippen LogP contribution in [0.25, 0.3) is 0 Å². The highest BCUT2D eigenvalue weighted by Gasteiger charge is 2.09. The van der Waals surface area contributed by atoms with Crippen molar-refractivity contribution in [3.8, 4) is 0 Å². The Morgan fingerprint density at radius 3 is 2.53 bits per heavy atom. The summed E-state index contributed by atoms with van der Waals surface area (Å²) in [4.78, 5) is 16.7. The van der Waals surface area contributed by atoms with E-state index >= 15 is 0 Å². The van der Waals surface area contributed by atoms with Gasteiger partial charge in [0, 0.05) is 22.2 Å². The number of halogens is 1. The second kappa shape index (κ2) is 5.21. The summed E-state index contributed by atoms with van der Waals surface area (Å²) in [6.07, 6.45) is 3.38. The molecule has 1 N–H and O–H groups in total. The van der Waals surface area contributed by atoms with Crippen molar-refractivity contribution < 1.29 is 9.90 Å². The summed E-state index contributed by atoms with van der Waals surface area (Å²) in [7, 11) is 0. The first kappa shape index (κ1) is 12.0. The number of nitrogens with zero attached hydrogens (tertiary/aromatic N) is 1. The Balaban J connectivity index is 2.29. The first-order valence-electron chi connectivity index (χ1n) is 4.77. The maximum absolute atomic E-state index is 10.9. The summed E-state index contributed by atoms with van der Waals surface area (Å²) in [5.74, 6) is -1.02. The Labute approximate surface area is 107 Å². The van der Waals surface area contributed by atoms with Crippen molar-refractivity contribution in [2.45, 2.75) is 9.79 Å². The number of pyridine rings is 1. The summed E-state index contributed by atoms with van der Waals surface area (Å²) in [5.41, 5.74) is 0.116. The monoisotopic (exact) mass is 265 g/mol. The molecule has 0 fully saturated rings. The number of carbonyl (C=O) groups is 1. The number of aromatic carboxylic acids is 1. The van der Waals surface area contributed by atoms with Crippen molar-refractivity contribution in [1.82, 2.24) is 4.98 Å². The number of aromatic nitrogens is 1. The van der Waals surface area contributed by atoms with E-state index in [9.17, 15) is 4.79 Å². The average Bonchev–Trinajstić information content (AvgIpc) is 2.32. The van der Waals surface area contributed by atoms with Gasteiger partial charge in [0.05, 0.1) is 10.6 Å². The van der Waals surface area contributed by atoms with Gasteiger partial charge in [0.2, 0.25) is 0 Å². The molecule has 0 spiro atoms. The number of hydrogen-bond donors (Lipinski definition) is 1. The molecule has 3 nitrogen and oxygen atoms in total. The van der Waals surface area contributed by atoms with Crippen LogP contribution < -0.4 is 0 Å². The summed E-state index contributed by atoms with van der Waals surface area (Å²) >= 11 is 7.26. The van der Waals surface area contributed by atoms with Crippen molar-refractivity contribution in [3.05, 3.63) is 53.3 Å². The number of carboxylic acid groups (broad SMARTS) is 1. The van der Waals surface area contributed by atoms with Crippen molar-refractivity contribution in [1.29, 1.82) is 0 Å². The third-order valence-corrected chi connectivity index (χ3v) is 3.38. The molecule has 1 aromatic heterocycles. The maximum Gasteiger partial charge on any atom is 0.337 e. The van der Waals surface area contributed by atoms with E-state index in [1.165, 1.54) is 11.8 Å². The molecule has 5 heteroatoms. The topological polar surface area (TPSA) is 50.2 Å². The van der Waals surface area contributed by atoms with E-state index in [-0.39, 0.29) is 10.6 Å². The largest absolute Gasteiger partial charge is 0.478 e. The van der Waals surface area contributed by atoms with Crippen LogP contribution in [0.15, 0.2) is 52.5 Å². The van der Waals surface area contributed by atoms with Crippen LogP contribution in [0.3, 0.4) is 0 Å². The number of hydrogen-bond acceptors (Lipinski definition) is 3. The van der Waals surface area contributed by atoms with E-state index < -0.39 is 5.97 Å². The molecule has 0 radical (unpaired) electrons. The normalized spacial score (nSPS) is 10.2. The maximum atomic E-state index is 10.9. The first-order valence-corrected chi connectivity index (χ1v) is 5.97. The van der Waals surface area contributed by atoms with E-state index in [1.54, 1.807) is 30.6 Å². The lowest BCUT2D eigenvalue weighted by atomic mass is 10.2. The van der Waals surface area contributed by atoms with E-state index in [0.29, 0.717) is 0 Å². The first-order chi connectivity index (χ1) is 8.16. The Morgan fingerprint density at radius 2 is 1.88 bits per heavy atom. The van der Waals surface area contributed by atoms with Gasteiger partial charge in [-0.25, -0.2) is 4.79 Å². The average molecular weight is 266 g/mol.